The van der Waals surface area contributed by atoms with Crippen LogP contribution in [0.1, 0.15) is 25.0 Å². The van der Waals surface area contributed by atoms with Gasteiger partial charge in [-0.05, 0) is 50.2 Å². The summed E-state index contributed by atoms with van der Waals surface area (Å²) in [5.41, 5.74) is 1.68. The molecule has 1 saturated heterocycles. The number of hydrogen-bond acceptors (Lipinski definition) is 8. The van der Waals surface area contributed by atoms with Gasteiger partial charge in [-0.1, -0.05) is 0 Å². The highest BCUT2D eigenvalue weighted by molar-refractivity contribution is 7.90. The smallest absolute Gasteiger partial charge is 0.226 e. The van der Waals surface area contributed by atoms with Gasteiger partial charge in [0.15, 0.2) is 0 Å². The summed E-state index contributed by atoms with van der Waals surface area (Å²) in [6.45, 7) is 1.68. The monoisotopic (exact) mass is 445 g/mol. The van der Waals surface area contributed by atoms with Crippen molar-refractivity contribution >= 4 is 20.7 Å². The Morgan fingerprint density at radius 1 is 1.19 bits per heavy atom. The number of furan rings is 1. The number of hydrogen-bond donors (Lipinski definition) is 0. The van der Waals surface area contributed by atoms with E-state index in [1.54, 1.807) is 0 Å². The first-order chi connectivity index (χ1) is 14.9. The van der Waals surface area contributed by atoms with Crippen molar-refractivity contribution in [3.8, 4) is 17.2 Å². The fourth-order valence-electron chi connectivity index (χ4n) is 3.49. The minimum absolute atomic E-state index is 0.120. The fraction of sp³-hybridized carbons (Fsp3) is 0.455. The lowest BCUT2D eigenvalue weighted by Gasteiger charge is -2.23. The van der Waals surface area contributed by atoms with E-state index >= 15 is 0 Å². The maximum absolute atomic E-state index is 11.4. The Balaban J connectivity index is 1.51. The van der Waals surface area contributed by atoms with Crippen LogP contribution in [0.4, 0.5) is 0 Å². The summed E-state index contributed by atoms with van der Waals surface area (Å²) in [6.07, 6.45) is 5.43. The lowest BCUT2D eigenvalue weighted by molar-refractivity contribution is -0.107. The van der Waals surface area contributed by atoms with Gasteiger partial charge in [0.05, 0.1) is 29.8 Å². The normalized spacial score (nSPS) is 17.3. The summed E-state index contributed by atoms with van der Waals surface area (Å²) in [5.74, 6) is 2.11. The zero-order valence-electron chi connectivity index (χ0n) is 17.8. The fourth-order valence-corrected chi connectivity index (χ4v) is 4.14. The van der Waals surface area contributed by atoms with E-state index < -0.39 is 9.84 Å². The molecule has 1 aromatic carbocycles. The molecule has 0 spiro atoms. The van der Waals surface area contributed by atoms with Crippen LogP contribution in [0.25, 0.3) is 22.2 Å². The second-order valence-electron chi connectivity index (χ2n) is 7.96. The average molecular weight is 446 g/mol. The van der Waals surface area contributed by atoms with Gasteiger partial charge in [-0.2, -0.15) is 0 Å². The third-order valence-corrected chi connectivity index (χ3v) is 6.12. The molecule has 4 rings (SSSR count). The molecule has 1 atom stereocenters. The van der Waals surface area contributed by atoms with Crippen molar-refractivity contribution in [1.29, 1.82) is 0 Å². The minimum atomic E-state index is -2.99. The highest BCUT2D eigenvalue weighted by atomic mass is 32.2. The van der Waals surface area contributed by atoms with E-state index in [1.165, 1.54) is 12.6 Å². The summed E-state index contributed by atoms with van der Waals surface area (Å²) >= 11 is 0. The van der Waals surface area contributed by atoms with Crippen LogP contribution in [0, 0.1) is 0 Å². The number of aromatic nitrogens is 2. The highest BCUT2D eigenvalue weighted by Gasteiger charge is 2.18. The van der Waals surface area contributed by atoms with E-state index in [0.717, 1.165) is 47.2 Å². The van der Waals surface area contributed by atoms with Crippen LogP contribution in [-0.4, -0.2) is 61.8 Å². The predicted octanol–water partition coefficient (Wildman–Crippen LogP) is 3.27. The van der Waals surface area contributed by atoms with Crippen molar-refractivity contribution in [3.63, 3.8) is 0 Å². The van der Waals surface area contributed by atoms with Crippen LogP contribution in [-0.2, 0) is 21.1 Å². The Bertz CT molecular complexity index is 1140. The molecule has 0 amide bonds. The van der Waals surface area contributed by atoms with Crippen molar-refractivity contribution in [2.45, 2.75) is 32.1 Å². The molecule has 0 radical (unpaired) electrons. The van der Waals surface area contributed by atoms with Crippen LogP contribution >= 0.6 is 0 Å². The summed E-state index contributed by atoms with van der Waals surface area (Å²) in [6, 6.07) is 9.65. The van der Waals surface area contributed by atoms with Gasteiger partial charge in [0.2, 0.25) is 12.2 Å². The maximum Gasteiger partial charge on any atom is 0.226 e. The average Bonchev–Trinajstić information content (AvgIpc) is 3.21. The number of fused-ring (bicyclic) bond motifs is 1. The van der Waals surface area contributed by atoms with Gasteiger partial charge in [-0.3, -0.25) is 4.90 Å². The lowest BCUT2D eigenvalue weighted by atomic mass is 10.1. The van der Waals surface area contributed by atoms with Gasteiger partial charge in [0.25, 0.3) is 0 Å². The third-order valence-electron chi connectivity index (χ3n) is 5.20. The molecular weight excluding hydrogens is 418 g/mol. The number of sulfone groups is 1. The molecule has 3 aromatic rings. The molecule has 8 nitrogen and oxygen atoms in total. The largest absolute Gasteiger partial charge is 0.460 e. The van der Waals surface area contributed by atoms with Gasteiger partial charge >= 0.3 is 0 Å². The molecule has 1 aliphatic heterocycles. The second kappa shape index (κ2) is 9.33. The molecule has 0 N–H and O–H groups in total. The van der Waals surface area contributed by atoms with E-state index in [2.05, 4.69) is 9.97 Å². The quantitative estimate of drug-likeness (QED) is 0.521. The number of ether oxygens (including phenoxy) is 2. The van der Waals surface area contributed by atoms with Gasteiger partial charge in [0.1, 0.15) is 27.7 Å². The third kappa shape index (κ3) is 5.81. The Kier molecular flexibility index (Phi) is 6.54. The van der Waals surface area contributed by atoms with Crippen molar-refractivity contribution < 1.29 is 22.3 Å². The zero-order valence-corrected chi connectivity index (χ0v) is 18.6. The summed E-state index contributed by atoms with van der Waals surface area (Å²) in [4.78, 5) is 10.6. The first-order valence-corrected chi connectivity index (χ1v) is 12.4. The van der Waals surface area contributed by atoms with Gasteiger partial charge in [-0.15, -0.1) is 0 Å². The SMILES string of the molecule is CN(CCS(C)(=O)=O)Cc1ccc(-c2ccc3ncnc(OC4CCCCO4)c3c2)o1. The standard InChI is InChI=1S/C22H27N3O5S/c1-25(10-12-31(2,26)27)14-17-7-9-20(29-17)16-6-8-19-18(13-16)22(24-15-23-19)30-21-5-3-4-11-28-21/h6-9,13,15,21H,3-5,10-12,14H2,1-2H3. The van der Waals surface area contributed by atoms with Crippen molar-refractivity contribution in [3.05, 3.63) is 42.4 Å². The molecule has 1 fully saturated rings. The Labute approximate surface area is 182 Å². The van der Waals surface area contributed by atoms with Crippen molar-refractivity contribution in [1.82, 2.24) is 14.9 Å². The molecule has 9 heteroatoms. The molecule has 1 unspecified atom stereocenters. The highest BCUT2D eigenvalue weighted by Crippen LogP contribution is 2.30. The van der Waals surface area contributed by atoms with E-state index in [1.807, 2.05) is 42.3 Å². The molecule has 31 heavy (non-hydrogen) atoms. The lowest BCUT2D eigenvalue weighted by Crippen LogP contribution is -2.25. The van der Waals surface area contributed by atoms with Crippen LogP contribution in [0.3, 0.4) is 0 Å². The molecule has 0 aliphatic carbocycles. The summed E-state index contributed by atoms with van der Waals surface area (Å²) in [5, 5.41) is 0.803. The molecule has 0 saturated carbocycles. The molecule has 3 heterocycles. The summed E-state index contributed by atoms with van der Waals surface area (Å²) in [7, 11) is -1.12. The molecule has 166 valence electrons. The van der Waals surface area contributed by atoms with Gasteiger partial charge in [0, 0.05) is 24.8 Å². The van der Waals surface area contributed by atoms with Gasteiger partial charge in [-0.25, -0.2) is 18.4 Å². The molecule has 1 aliphatic rings. The number of benzene rings is 1. The second-order valence-corrected chi connectivity index (χ2v) is 10.2. The van der Waals surface area contributed by atoms with E-state index in [0.29, 0.717) is 25.6 Å². The van der Waals surface area contributed by atoms with Crippen LogP contribution < -0.4 is 4.74 Å². The summed E-state index contributed by atoms with van der Waals surface area (Å²) < 4.78 is 40.4. The minimum Gasteiger partial charge on any atom is -0.460 e. The molecule has 0 bridgehead atoms. The Morgan fingerprint density at radius 2 is 2.06 bits per heavy atom. The van der Waals surface area contributed by atoms with Crippen molar-refractivity contribution in [2.24, 2.45) is 0 Å². The van der Waals surface area contributed by atoms with E-state index in [9.17, 15) is 8.42 Å². The molecular formula is C22H27N3O5S. The topological polar surface area (TPSA) is 94.8 Å². The first kappa shape index (κ1) is 21.7. The Hall–Kier alpha value is -2.49. The van der Waals surface area contributed by atoms with Gasteiger partial charge < -0.3 is 13.9 Å². The van der Waals surface area contributed by atoms with E-state index in [4.69, 9.17) is 13.9 Å². The number of nitrogens with zero attached hydrogens (tertiary/aromatic N) is 3. The zero-order chi connectivity index (χ0) is 21.8. The van der Waals surface area contributed by atoms with E-state index in [-0.39, 0.29) is 12.0 Å². The predicted molar refractivity (Wildman–Crippen MR) is 118 cm³/mol. The maximum atomic E-state index is 11.4. The Morgan fingerprint density at radius 3 is 2.84 bits per heavy atom. The van der Waals surface area contributed by atoms with Crippen molar-refractivity contribution in [2.75, 3.05) is 32.2 Å². The molecule has 2 aromatic heterocycles. The number of rotatable bonds is 8. The van der Waals surface area contributed by atoms with Crippen LogP contribution in [0.2, 0.25) is 0 Å². The van der Waals surface area contributed by atoms with Crippen LogP contribution in [0.5, 0.6) is 5.88 Å². The van der Waals surface area contributed by atoms with Crippen LogP contribution in [0.15, 0.2) is 41.1 Å². The first-order valence-electron chi connectivity index (χ1n) is 10.4.